The van der Waals surface area contributed by atoms with E-state index in [0.717, 1.165) is 10.5 Å². The van der Waals surface area contributed by atoms with Crippen LogP contribution in [0, 0.1) is 22.7 Å². The van der Waals surface area contributed by atoms with E-state index >= 15 is 0 Å². The van der Waals surface area contributed by atoms with Crippen molar-refractivity contribution in [3.63, 3.8) is 0 Å². The molecule has 0 N–H and O–H groups in total. The molecule has 0 heterocycles. The van der Waals surface area contributed by atoms with Crippen LogP contribution in [0.3, 0.4) is 0 Å². The largest absolute Gasteiger partial charge is 0.192 e. The maximum Gasteiger partial charge on any atom is 0.0995 e. The highest BCUT2D eigenvalue weighted by atomic mass is 32.2. The lowest BCUT2D eigenvalue weighted by molar-refractivity contribution is 0.856. The molecule has 0 bridgehead atoms. The zero-order chi connectivity index (χ0) is 11.4. The van der Waals surface area contributed by atoms with E-state index < -0.39 is 0 Å². The third-order valence-corrected chi connectivity index (χ3v) is 2.91. The molecule has 0 unspecified atom stereocenters. The molecule has 0 amide bonds. The molecule has 0 atom stereocenters. The van der Waals surface area contributed by atoms with Gasteiger partial charge in [0.05, 0.1) is 23.3 Å². The van der Waals surface area contributed by atoms with Crippen LogP contribution in [-0.2, 0) is 0 Å². The summed E-state index contributed by atoms with van der Waals surface area (Å²) in [5.74, 6) is 0.199. The van der Waals surface area contributed by atoms with Crippen LogP contribution >= 0.6 is 11.8 Å². The highest BCUT2D eigenvalue weighted by Gasteiger charge is 2.13. The number of thioether (sulfide) groups is 1. The van der Waals surface area contributed by atoms with Gasteiger partial charge in [-0.2, -0.15) is 10.5 Å². The van der Waals surface area contributed by atoms with Gasteiger partial charge in [-0.1, -0.05) is 13.8 Å². The molecule has 0 aromatic heterocycles. The predicted octanol–water partition coefficient (Wildman–Crippen LogP) is 3.28. The molecule has 15 heavy (non-hydrogen) atoms. The summed E-state index contributed by atoms with van der Waals surface area (Å²) < 4.78 is 0. The number of nitriles is 2. The van der Waals surface area contributed by atoms with E-state index in [1.54, 1.807) is 11.8 Å². The minimum absolute atomic E-state index is 0.199. The van der Waals surface area contributed by atoms with Gasteiger partial charge < -0.3 is 0 Å². The molecule has 1 aromatic carbocycles. The molecule has 2 nitrogen and oxygen atoms in total. The Bertz CT molecular complexity index is 415. The van der Waals surface area contributed by atoms with Crippen LogP contribution in [-0.4, -0.2) is 6.26 Å². The Morgan fingerprint density at radius 1 is 1.13 bits per heavy atom. The van der Waals surface area contributed by atoms with E-state index in [-0.39, 0.29) is 5.92 Å². The Morgan fingerprint density at radius 3 is 1.87 bits per heavy atom. The number of hydrogen-bond donors (Lipinski definition) is 0. The normalized spacial score (nSPS) is 9.73. The third kappa shape index (κ3) is 2.32. The first-order chi connectivity index (χ1) is 7.13. The van der Waals surface area contributed by atoms with E-state index in [2.05, 4.69) is 12.1 Å². The van der Waals surface area contributed by atoms with Crippen molar-refractivity contribution in [2.75, 3.05) is 6.26 Å². The molecular weight excluding hydrogens is 204 g/mol. The van der Waals surface area contributed by atoms with Crippen molar-refractivity contribution in [3.8, 4) is 12.1 Å². The minimum Gasteiger partial charge on any atom is -0.192 e. The maximum absolute atomic E-state index is 9.04. The molecular formula is C12H12N2S. The van der Waals surface area contributed by atoms with Crippen LogP contribution in [0.5, 0.6) is 0 Å². The number of nitrogens with zero attached hydrogens (tertiary/aromatic N) is 2. The molecule has 76 valence electrons. The minimum atomic E-state index is 0.199. The van der Waals surface area contributed by atoms with Crippen molar-refractivity contribution >= 4 is 11.8 Å². The first kappa shape index (κ1) is 11.6. The molecule has 0 fully saturated rings. The lowest BCUT2D eigenvalue weighted by Gasteiger charge is -2.11. The van der Waals surface area contributed by atoms with E-state index in [9.17, 15) is 0 Å². The molecule has 1 aromatic rings. The van der Waals surface area contributed by atoms with Gasteiger partial charge in [-0.25, -0.2) is 0 Å². The van der Waals surface area contributed by atoms with Crippen molar-refractivity contribution in [3.05, 3.63) is 28.8 Å². The van der Waals surface area contributed by atoms with Crippen molar-refractivity contribution in [2.24, 2.45) is 0 Å². The lowest BCUT2D eigenvalue weighted by atomic mass is 9.93. The summed E-state index contributed by atoms with van der Waals surface area (Å²) in [7, 11) is 0. The van der Waals surface area contributed by atoms with Crippen LogP contribution in [0.25, 0.3) is 0 Å². The summed E-state index contributed by atoms with van der Waals surface area (Å²) in [6.07, 6.45) is 1.94. The molecule has 1 rings (SSSR count). The van der Waals surface area contributed by atoms with Crippen LogP contribution in [0.4, 0.5) is 0 Å². The van der Waals surface area contributed by atoms with E-state index in [0.29, 0.717) is 11.1 Å². The molecule has 0 aliphatic rings. The SMILES string of the molecule is CSc1cc(C#N)c(C(C)C)c(C#N)c1. The number of benzene rings is 1. The Kier molecular flexibility index (Phi) is 3.77. The number of hydrogen-bond acceptors (Lipinski definition) is 3. The zero-order valence-electron chi connectivity index (χ0n) is 9.03. The van der Waals surface area contributed by atoms with Gasteiger partial charge in [-0.3, -0.25) is 0 Å². The van der Waals surface area contributed by atoms with Crippen molar-refractivity contribution in [1.29, 1.82) is 10.5 Å². The second-order valence-corrected chi connectivity index (χ2v) is 4.39. The monoisotopic (exact) mass is 216 g/mol. The third-order valence-electron chi connectivity index (χ3n) is 2.21. The van der Waals surface area contributed by atoms with Gasteiger partial charge in [-0.15, -0.1) is 11.8 Å². The molecule has 3 heteroatoms. The summed E-state index contributed by atoms with van der Waals surface area (Å²) in [4.78, 5) is 0.965. The summed E-state index contributed by atoms with van der Waals surface area (Å²) in [6, 6.07) is 8.02. The molecule has 0 radical (unpaired) electrons. The van der Waals surface area contributed by atoms with Gasteiger partial charge in [0, 0.05) is 4.90 Å². The molecule has 0 saturated carbocycles. The maximum atomic E-state index is 9.04. The van der Waals surface area contributed by atoms with Gasteiger partial charge in [0.2, 0.25) is 0 Å². The molecule has 0 saturated heterocycles. The zero-order valence-corrected chi connectivity index (χ0v) is 9.85. The van der Waals surface area contributed by atoms with Crippen LogP contribution < -0.4 is 0 Å². The highest BCUT2D eigenvalue weighted by molar-refractivity contribution is 7.98. The van der Waals surface area contributed by atoms with E-state index in [1.807, 2.05) is 32.2 Å². The summed E-state index contributed by atoms with van der Waals surface area (Å²) in [5, 5.41) is 18.1. The topological polar surface area (TPSA) is 47.6 Å². The molecule has 0 aliphatic carbocycles. The smallest absolute Gasteiger partial charge is 0.0995 e. The Labute approximate surface area is 94.5 Å². The number of rotatable bonds is 2. The Hall–Kier alpha value is -1.45. The van der Waals surface area contributed by atoms with Crippen LogP contribution in [0.15, 0.2) is 17.0 Å². The van der Waals surface area contributed by atoms with Gasteiger partial charge in [0.1, 0.15) is 0 Å². The predicted molar refractivity (Wildman–Crippen MR) is 61.7 cm³/mol. The average Bonchev–Trinajstić information content (AvgIpc) is 2.26. The van der Waals surface area contributed by atoms with Crippen molar-refractivity contribution in [2.45, 2.75) is 24.7 Å². The van der Waals surface area contributed by atoms with Gasteiger partial charge >= 0.3 is 0 Å². The second-order valence-electron chi connectivity index (χ2n) is 3.51. The average molecular weight is 216 g/mol. The molecule has 0 spiro atoms. The molecule has 0 aliphatic heterocycles. The van der Waals surface area contributed by atoms with E-state index in [1.165, 1.54) is 0 Å². The van der Waals surface area contributed by atoms with Crippen molar-refractivity contribution in [1.82, 2.24) is 0 Å². The highest BCUT2D eigenvalue weighted by Crippen LogP contribution is 2.28. The van der Waals surface area contributed by atoms with Crippen LogP contribution in [0.2, 0.25) is 0 Å². The Morgan fingerprint density at radius 2 is 1.60 bits per heavy atom. The second kappa shape index (κ2) is 4.87. The quantitative estimate of drug-likeness (QED) is 0.713. The first-order valence-electron chi connectivity index (χ1n) is 4.66. The first-order valence-corrected chi connectivity index (χ1v) is 5.88. The fourth-order valence-electron chi connectivity index (χ4n) is 1.55. The van der Waals surface area contributed by atoms with Crippen molar-refractivity contribution < 1.29 is 0 Å². The lowest BCUT2D eigenvalue weighted by Crippen LogP contribution is -1.98. The fraction of sp³-hybridized carbons (Fsp3) is 0.333. The van der Waals surface area contributed by atoms with Gasteiger partial charge in [0.25, 0.3) is 0 Å². The van der Waals surface area contributed by atoms with E-state index in [4.69, 9.17) is 10.5 Å². The summed E-state index contributed by atoms with van der Waals surface area (Å²) >= 11 is 1.55. The summed E-state index contributed by atoms with van der Waals surface area (Å²) in [6.45, 7) is 3.99. The van der Waals surface area contributed by atoms with Gasteiger partial charge in [-0.05, 0) is 29.9 Å². The van der Waals surface area contributed by atoms with Gasteiger partial charge in [0.15, 0.2) is 0 Å². The Balaban J connectivity index is 3.50. The fourth-order valence-corrected chi connectivity index (χ4v) is 2.02. The summed E-state index contributed by atoms with van der Waals surface area (Å²) in [5.41, 5.74) is 2.10. The standard InChI is InChI=1S/C12H12N2S/c1-8(2)12-9(6-13)4-11(15-3)5-10(12)7-14/h4-5,8H,1-3H3. The van der Waals surface area contributed by atoms with Crippen LogP contribution in [0.1, 0.15) is 36.5 Å².